The molecule has 132 valence electrons. The molecule has 1 aliphatic heterocycles. The third-order valence-corrected chi connectivity index (χ3v) is 7.50. The summed E-state index contributed by atoms with van der Waals surface area (Å²) in [6.45, 7) is 6.63. The number of thiazole rings is 1. The zero-order valence-corrected chi connectivity index (χ0v) is 16.2. The highest BCUT2D eigenvalue weighted by atomic mass is 35.5. The molecule has 1 aliphatic rings. The number of rotatable bonds is 4. The summed E-state index contributed by atoms with van der Waals surface area (Å²) in [6, 6.07) is 0. The fourth-order valence-corrected chi connectivity index (χ4v) is 5.60. The number of nitrogens with zero attached hydrogens (tertiary/aromatic N) is 5. The summed E-state index contributed by atoms with van der Waals surface area (Å²) >= 11 is 7.77. The second-order valence-electron chi connectivity index (χ2n) is 5.87. The normalized spacial score (nSPS) is 17.5. The average Bonchev–Trinajstić information content (AvgIpc) is 3.03. The van der Waals surface area contributed by atoms with Crippen LogP contribution in [0.1, 0.15) is 16.4 Å². The molecule has 0 N–H and O–H groups in total. The molecular weight excluding hydrogens is 370 g/mol. The van der Waals surface area contributed by atoms with Gasteiger partial charge < -0.3 is 0 Å². The summed E-state index contributed by atoms with van der Waals surface area (Å²) in [7, 11) is -1.98. The minimum absolute atomic E-state index is 0.121. The van der Waals surface area contributed by atoms with E-state index in [1.54, 1.807) is 25.3 Å². The fourth-order valence-electron chi connectivity index (χ4n) is 2.87. The number of halogens is 1. The molecule has 2 aromatic rings. The zero-order chi connectivity index (χ0) is 17.5. The van der Waals surface area contributed by atoms with Gasteiger partial charge >= 0.3 is 0 Å². The molecule has 0 saturated carbocycles. The van der Waals surface area contributed by atoms with Gasteiger partial charge in [0.1, 0.15) is 10.0 Å². The van der Waals surface area contributed by atoms with E-state index in [-0.39, 0.29) is 10.0 Å². The van der Waals surface area contributed by atoms with Gasteiger partial charge in [-0.05, 0) is 13.8 Å². The molecule has 0 spiro atoms. The molecule has 0 unspecified atom stereocenters. The Morgan fingerprint density at radius 1 is 1.25 bits per heavy atom. The van der Waals surface area contributed by atoms with Gasteiger partial charge in [0.2, 0.25) is 10.0 Å². The molecule has 0 atom stereocenters. The van der Waals surface area contributed by atoms with Gasteiger partial charge in [-0.2, -0.15) is 9.40 Å². The van der Waals surface area contributed by atoms with Crippen molar-refractivity contribution in [3.05, 3.63) is 26.9 Å². The Morgan fingerprint density at radius 2 is 1.92 bits per heavy atom. The molecule has 0 bridgehead atoms. The lowest BCUT2D eigenvalue weighted by molar-refractivity contribution is 0.180. The maximum absolute atomic E-state index is 12.9. The Bertz CT molecular complexity index is 837. The minimum atomic E-state index is -3.62. The summed E-state index contributed by atoms with van der Waals surface area (Å²) < 4.78 is 28.6. The summed E-state index contributed by atoms with van der Waals surface area (Å²) in [6.07, 6.45) is 0. The lowest BCUT2D eigenvalue weighted by Gasteiger charge is -2.33. The molecule has 24 heavy (non-hydrogen) atoms. The van der Waals surface area contributed by atoms with Crippen LogP contribution in [0, 0.1) is 13.8 Å². The summed E-state index contributed by atoms with van der Waals surface area (Å²) in [5.41, 5.74) is 1.47. The highest BCUT2D eigenvalue weighted by Gasteiger charge is 2.33. The highest BCUT2D eigenvalue weighted by Crippen LogP contribution is 2.28. The predicted molar refractivity (Wildman–Crippen MR) is 93.8 cm³/mol. The maximum atomic E-state index is 12.9. The number of hydrogen-bond donors (Lipinski definition) is 0. The summed E-state index contributed by atoms with van der Waals surface area (Å²) in [4.78, 5) is 6.80. The van der Waals surface area contributed by atoms with Crippen molar-refractivity contribution in [1.82, 2.24) is 24.0 Å². The first-order valence-corrected chi connectivity index (χ1v) is 10.3. The lowest BCUT2D eigenvalue weighted by atomic mass is 10.3. The van der Waals surface area contributed by atoms with Crippen LogP contribution in [-0.4, -0.2) is 58.6 Å². The van der Waals surface area contributed by atoms with Crippen molar-refractivity contribution >= 4 is 33.0 Å². The van der Waals surface area contributed by atoms with Gasteiger partial charge in [-0.25, -0.2) is 13.4 Å². The Labute approximate surface area is 150 Å². The van der Waals surface area contributed by atoms with E-state index in [0.717, 1.165) is 17.2 Å². The minimum Gasteiger partial charge on any atom is -0.295 e. The smallest absolute Gasteiger partial charge is 0.248 e. The van der Waals surface area contributed by atoms with Crippen LogP contribution in [0.3, 0.4) is 0 Å². The summed E-state index contributed by atoms with van der Waals surface area (Å²) in [5.74, 6) is 0. The van der Waals surface area contributed by atoms with Crippen LogP contribution < -0.4 is 0 Å². The molecule has 0 radical (unpaired) electrons. The maximum Gasteiger partial charge on any atom is 0.248 e. The van der Waals surface area contributed by atoms with Crippen LogP contribution in [0.4, 0.5) is 0 Å². The highest BCUT2D eigenvalue weighted by molar-refractivity contribution is 7.89. The van der Waals surface area contributed by atoms with Crippen LogP contribution in [0.2, 0.25) is 5.15 Å². The van der Waals surface area contributed by atoms with Gasteiger partial charge in [-0.3, -0.25) is 9.58 Å². The Hall–Kier alpha value is -1.000. The molecule has 10 heteroatoms. The van der Waals surface area contributed by atoms with E-state index in [0.29, 0.717) is 31.9 Å². The molecule has 1 fully saturated rings. The third kappa shape index (κ3) is 3.36. The Kier molecular flexibility index (Phi) is 4.99. The molecule has 1 saturated heterocycles. The quantitative estimate of drug-likeness (QED) is 0.795. The molecule has 0 amide bonds. The van der Waals surface area contributed by atoms with Crippen molar-refractivity contribution in [1.29, 1.82) is 0 Å². The molecule has 0 aliphatic carbocycles. The predicted octanol–water partition coefficient (Wildman–Crippen LogP) is 1.65. The average molecular weight is 390 g/mol. The van der Waals surface area contributed by atoms with E-state index < -0.39 is 10.0 Å². The van der Waals surface area contributed by atoms with Crippen LogP contribution in [0.25, 0.3) is 0 Å². The number of sulfonamides is 1. The van der Waals surface area contributed by atoms with Gasteiger partial charge in [0.15, 0.2) is 0 Å². The van der Waals surface area contributed by atoms with Gasteiger partial charge in [-0.15, -0.1) is 11.3 Å². The number of hydrogen-bond acceptors (Lipinski definition) is 6. The fraction of sp³-hybridized carbons (Fsp3) is 0.571. The molecule has 3 rings (SSSR count). The largest absolute Gasteiger partial charge is 0.295 e. The van der Waals surface area contributed by atoms with Gasteiger partial charge in [0.25, 0.3) is 0 Å². The first-order valence-electron chi connectivity index (χ1n) is 7.61. The SMILES string of the molecule is Cc1nc(CN2CCN(S(=O)(=O)c3c(C)nn(C)c3Cl)CC2)cs1. The second-order valence-corrected chi connectivity index (χ2v) is 9.16. The molecule has 7 nitrogen and oxygen atoms in total. The monoisotopic (exact) mass is 389 g/mol. The van der Waals surface area contributed by atoms with Gasteiger partial charge in [-0.1, -0.05) is 11.6 Å². The zero-order valence-electron chi connectivity index (χ0n) is 13.9. The van der Waals surface area contributed by atoms with E-state index in [1.165, 1.54) is 8.99 Å². The Morgan fingerprint density at radius 3 is 2.42 bits per heavy atom. The van der Waals surface area contributed by atoms with Crippen LogP contribution in [0.5, 0.6) is 0 Å². The third-order valence-electron chi connectivity index (χ3n) is 4.08. The van der Waals surface area contributed by atoms with E-state index in [9.17, 15) is 8.42 Å². The summed E-state index contributed by atoms with van der Waals surface area (Å²) in [5, 5.41) is 7.37. The number of aryl methyl sites for hydroxylation is 3. The van der Waals surface area contributed by atoms with Crippen molar-refractivity contribution in [3.63, 3.8) is 0 Å². The number of aromatic nitrogens is 3. The van der Waals surface area contributed by atoms with Crippen molar-refractivity contribution in [2.24, 2.45) is 7.05 Å². The molecular formula is C14H20ClN5O2S2. The number of piperazine rings is 1. The van der Waals surface area contributed by atoms with Crippen LogP contribution >= 0.6 is 22.9 Å². The van der Waals surface area contributed by atoms with Crippen molar-refractivity contribution in [2.75, 3.05) is 26.2 Å². The Balaban J connectivity index is 1.69. The van der Waals surface area contributed by atoms with Gasteiger partial charge in [0, 0.05) is 45.2 Å². The van der Waals surface area contributed by atoms with Crippen molar-refractivity contribution in [2.45, 2.75) is 25.3 Å². The lowest BCUT2D eigenvalue weighted by Crippen LogP contribution is -2.48. The van der Waals surface area contributed by atoms with Crippen molar-refractivity contribution < 1.29 is 8.42 Å². The molecule has 2 aromatic heterocycles. The van der Waals surface area contributed by atoms with E-state index >= 15 is 0 Å². The topological polar surface area (TPSA) is 71.3 Å². The van der Waals surface area contributed by atoms with E-state index in [4.69, 9.17) is 11.6 Å². The molecule has 3 heterocycles. The standard InChI is InChI=1S/C14H20ClN5O2S2/c1-10-13(14(15)18(3)17-10)24(21,22)20-6-4-19(5-7-20)8-12-9-23-11(2)16-12/h9H,4-8H2,1-3H3. The molecule has 0 aromatic carbocycles. The first kappa shape index (κ1) is 17.8. The van der Waals surface area contributed by atoms with Crippen molar-refractivity contribution in [3.8, 4) is 0 Å². The van der Waals surface area contributed by atoms with E-state index in [2.05, 4.69) is 20.4 Å². The first-order chi connectivity index (χ1) is 11.3. The van der Waals surface area contributed by atoms with Crippen LogP contribution in [-0.2, 0) is 23.6 Å². The second kappa shape index (κ2) is 6.72. The van der Waals surface area contributed by atoms with E-state index in [1.807, 2.05) is 6.92 Å². The van der Waals surface area contributed by atoms with Gasteiger partial charge in [0.05, 0.1) is 16.4 Å². The van der Waals surface area contributed by atoms with Crippen LogP contribution in [0.15, 0.2) is 10.3 Å².